The van der Waals surface area contributed by atoms with Gasteiger partial charge in [-0.1, -0.05) is 6.07 Å². The lowest BCUT2D eigenvalue weighted by Crippen LogP contribution is -2.42. The number of aromatic nitrogens is 5. The number of benzene rings is 1. The van der Waals surface area contributed by atoms with Gasteiger partial charge in [-0.25, -0.2) is 14.3 Å². The summed E-state index contributed by atoms with van der Waals surface area (Å²) in [4.78, 5) is 41.6. The van der Waals surface area contributed by atoms with E-state index in [1.54, 1.807) is 44.2 Å². The van der Waals surface area contributed by atoms with Crippen molar-refractivity contribution in [3.63, 3.8) is 0 Å². The van der Waals surface area contributed by atoms with Gasteiger partial charge in [0.25, 0.3) is 11.8 Å². The summed E-state index contributed by atoms with van der Waals surface area (Å²) in [6.07, 6.45) is 6.29. The van der Waals surface area contributed by atoms with E-state index in [1.165, 1.54) is 23.3 Å². The van der Waals surface area contributed by atoms with Crippen molar-refractivity contribution in [2.24, 2.45) is 11.5 Å². The molecule has 0 radical (unpaired) electrons. The van der Waals surface area contributed by atoms with Crippen molar-refractivity contribution in [3.05, 3.63) is 60.2 Å². The van der Waals surface area contributed by atoms with Gasteiger partial charge in [-0.2, -0.15) is 19.0 Å². The summed E-state index contributed by atoms with van der Waals surface area (Å²) in [5, 5.41) is 11.7. The lowest BCUT2D eigenvalue weighted by Gasteiger charge is -2.29. The standard InChI is InChI=1S/C28H30F2N8O4/c1-28(2,26(32)41)38-21-12-15(16-13-34-37(14-16)27(29)30)5-10-19(21)22(36-38)24(40)35-17-6-8-18(9-7-17)42-25-20(23(31)39)4-3-11-33-25/h3-5,10-14,17-18,27H,6-9H2,1-2H3,(H2,31,39)(H2,32,41)(H,35,40). The van der Waals surface area contributed by atoms with Crippen LogP contribution in [0.25, 0.3) is 22.0 Å². The number of hydrogen-bond acceptors (Lipinski definition) is 7. The Kier molecular flexibility index (Phi) is 7.63. The number of ether oxygens (including phenoxy) is 1. The van der Waals surface area contributed by atoms with Crippen molar-refractivity contribution in [2.45, 2.75) is 63.8 Å². The molecule has 220 valence electrons. The maximum Gasteiger partial charge on any atom is 0.333 e. The van der Waals surface area contributed by atoms with E-state index < -0.39 is 29.8 Å². The number of nitrogens with one attached hydrogen (secondary N) is 1. The molecule has 12 nitrogen and oxygen atoms in total. The fraction of sp³-hybridized carbons (Fsp3) is 0.357. The van der Waals surface area contributed by atoms with Crippen LogP contribution in [0.5, 0.6) is 5.88 Å². The molecule has 0 atom stereocenters. The average molecular weight is 581 g/mol. The molecule has 1 aliphatic carbocycles. The third kappa shape index (κ3) is 5.51. The van der Waals surface area contributed by atoms with Crippen LogP contribution in [-0.4, -0.2) is 54.4 Å². The van der Waals surface area contributed by atoms with Crippen LogP contribution in [0.3, 0.4) is 0 Å². The quantitative estimate of drug-likeness (QED) is 0.273. The number of rotatable bonds is 9. The van der Waals surface area contributed by atoms with E-state index in [9.17, 15) is 23.2 Å². The molecule has 0 unspecified atom stereocenters. The van der Waals surface area contributed by atoms with Gasteiger partial charge in [-0.15, -0.1) is 0 Å². The number of halogens is 2. The van der Waals surface area contributed by atoms with Crippen LogP contribution in [0.1, 0.15) is 66.9 Å². The zero-order chi connectivity index (χ0) is 30.2. The summed E-state index contributed by atoms with van der Waals surface area (Å²) in [6.45, 7) is 0.371. The van der Waals surface area contributed by atoms with Gasteiger partial charge in [-0.3, -0.25) is 14.4 Å². The average Bonchev–Trinajstić information content (AvgIpc) is 3.60. The van der Waals surface area contributed by atoms with Crippen LogP contribution in [0, 0.1) is 0 Å². The number of fused-ring (bicyclic) bond motifs is 1. The molecule has 4 aromatic rings. The molecule has 14 heteroatoms. The minimum Gasteiger partial charge on any atom is -0.474 e. The number of carbonyl (C=O) groups excluding carboxylic acids is 3. The second-order valence-electron chi connectivity index (χ2n) is 10.7. The fourth-order valence-corrected chi connectivity index (χ4v) is 5.00. The molecule has 5 rings (SSSR count). The van der Waals surface area contributed by atoms with Crippen molar-refractivity contribution in [2.75, 3.05) is 0 Å². The molecule has 1 saturated carbocycles. The topological polar surface area (TPSA) is 173 Å². The van der Waals surface area contributed by atoms with Gasteiger partial charge in [0.2, 0.25) is 11.8 Å². The molecule has 3 aromatic heterocycles. The number of carbonyl (C=O) groups is 3. The largest absolute Gasteiger partial charge is 0.474 e. The monoisotopic (exact) mass is 580 g/mol. The van der Waals surface area contributed by atoms with Gasteiger partial charge in [0.1, 0.15) is 17.2 Å². The second kappa shape index (κ2) is 11.2. The molecule has 0 spiro atoms. The SMILES string of the molecule is CC(C)(C(N)=O)n1nc(C(=O)NC2CCC(Oc3ncccc3C(N)=O)CC2)c2ccc(-c3cnn(C(F)F)c3)cc21. The van der Waals surface area contributed by atoms with Crippen molar-refractivity contribution in [1.82, 2.24) is 29.9 Å². The van der Waals surface area contributed by atoms with Crippen molar-refractivity contribution in [3.8, 4) is 17.0 Å². The minimum absolute atomic E-state index is 0.104. The molecule has 42 heavy (non-hydrogen) atoms. The Bertz CT molecular complexity index is 1660. The third-order valence-electron chi connectivity index (χ3n) is 7.49. The molecule has 1 aromatic carbocycles. The molecule has 1 aliphatic rings. The molecule has 3 heterocycles. The highest BCUT2D eigenvalue weighted by molar-refractivity contribution is 6.06. The smallest absolute Gasteiger partial charge is 0.333 e. The van der Waals surface area contributed by atoms with E-state index in [-0.39, 0.29) is 29.3 Å². The van der Waals surface area contributed by atoms with E-state index in [2.05, 4.69) is 20.5 Å². The van der Waals surface area contributed by atoms with Crippen LogP contribution in [0.15, 0.2) is 48.9 Å². The highest BCUT2D eigenvalue weighted by Crippen LogP contribution is 2.31. The first-order valence-electron chi connectivity index (χ1n) is 13.3. The Morgan fingerprint density at radius 3 is 2.48 bits per heavy atom. The molecular weight excluding hydrogens is 550 g/mol. The molecular formula is C28H30F2N8O4. The first-order valence-corrected chi connectivity index (χ1v) is 13.3. The van der Waals surface area contributed by atoms with Gasteiger partial charge in [-0.05, 0) is 69.4 Å². The van der Waals surface area contributed by atoms with Crippen LogP contribution in [0.4, 0.5) is 8.78 Å². The predicted octanol–water partition coefficient (Wildman–Crippen LogP) is 3.13. The maximum atomic E-state index is 13.5. The number of primary amides is 2. The predicted molar refractivity (Wildman–Crippen MR) is 148 cm³/mol. The zero-order valence-corrected chi connectivity index (χ0v) is 23.0. The Morgan fingerprint density at radius 1 is 1.10 bits per heavy atom. The van der Waals surface area contributed by atoms with Crippen molar-refractivity contribution < 1.29 is 27.9 Å². The molecule has 0 saturated heterocycles. The Labute approximate surface area is 239 Å². The summed E-state index contributed by atoms with van der Waals surface area (Å²) in [5.74, 6) is -1.53. The molecule has 0 aliphatic heterocycles. The summed E-state index contributed by atoms with van der Waals surface area (Å²) >= 11 is 0. The first-order chi connectivity index (χ1) is 20.0. The van der Waals surface area contributed by atoms with Crippen molar-refractivity contribution in [1.29, 1.82) is 0 Å². The van der Waals surface area contributed by atoms with Gasteiger partial charge in [0, 0.05) is 29.4 Å². The summed E-state index contributed by atoms with van der Waals surface area (Å²) < 4.78 is 34.0. The van der Waals surface area contributed by atoms with Gasteiger partial charge in [0.05, 0.1) is 11.7 Å². The molecule has 0 bridgehead atoms. The van der Waals surface area contributed by atoms with Crippen LogP contribution >= 0.6 is 0 Å². The number of nitrogens with two attached hydrogens (primary N) is 2. The number of hydrogen-bond donors (Lipinski definition) is 3. The second-order valence-corrected chi connectivity index (χ2v) is 10.7. The zero-order valence-electron chi connectivity index (χ0n) is 23.0. The summed E-state index contributed by atoms with van der Waals surface area (Å²) in [7, 11) is 0. The Hall–Kier alpha value is -4.88. The first kappa shape index (κ1) is 28.6. The lowest BCUT2D eigenvalue weighted by atomic mass is 9.92. The van der Waals surface area contributed by atoms with E-state index in [1.807, 2.05) is 0 Å². The fourth-order valence-electron chi connectivity index (χ4n) is 5.00. The molecule has 5 N–H and O–H groups in total. The van der Waals surface area contributed by atoms with Crippen LogP contribution < -0.4 is 21.5 Å². The Balaban J connectivity index is 1.36. The maximum absolute atomic E-state index is 13.5. The highest BCUT2D eigenvalue weighted by atomic mass is 19.3. The van der Waals surface area contributed by atoms with E-state index in [4.69, 9.17) is 16.2 Å². The van der Waals surface area contributed by atoms with Crippen molar-refractivity contribution >= 4 is 28.6 Å². The summed E-state index contributed by atoms with van der Waals surface area (Å²) in [6, 6.07) is 8.00. The van der Waals surface area contributed by atoms with E-state index >= 15 is 0 Å². The highest BCUT2D eigenvalue weighted by Gasteiger charge is 2.33. The number of nitrogens with zero attached hydrogens (tertiary/aromatic N) is 5. The van der Waals surface area contributed by atoms with E-state index in [0.717, 1.165) is 0 Å². The number of pyridine rings is 1. The molecule has 1 fully saturated rings. The third-order valence-corrected chi connectivity index (χ3v) is 7.49. The van der Waals surface area contributed by atoms with Gasteiger partial charge in [0.15, 0.2) is 5.69 Å². The van der Waals surface area contributed by atoms with Gasteiger partial charge >= 0.3 is 6.55 Å². The summed E-state index contributed by atoms with van der Waals surface area (Å²) in [5.41, 5.74) is 11.5. The van der Waals surface area contributed by atoms with Gasteiger partial charge < -0.3 is 21.5 Å². The van der Waals surface area contributed by atoms with Crippen LogP contribution in [0.2, 0.25) is 0 Å². The number of alkyl halides is 2. The van der Waals surface area contributed by atoms with E-state index in [0.29, 0.717) is 52.4 Å². The molecule has 3 amide bonds. The Morgan fingerprint density at radius 2 is 1.83 bits per heavy atom. The minimum atomic E-state index is -2.79. The normalized spacial score (nSPS) is 17.4. The van der Waals surface area contributed by atoms with Crippen LogP contribution in [-0.2, 0) is 10.3 Å². The lowest BCUT2D eigenvalue weighted by molar-refractivity contribution is -0.125. The number of amides is 3.